The van der Waals surface area contributed by atoms with E-state index in [1.54, 1.807) is 12.1 Å². The van der Waals surface area contributed by atoms with Crippen LogP contribution in [0.2, 0.25) is 0 Å². The zero-order valence-electron chi connectivity index (χ0n) is 22.0. The number of imide groups is 1. The predicted molar refractivity (Wildman–Crippen MR) is 143 cm³/mol. The number of rotatable bonds is 7. The van der Waals surface area contributed by atoms with E-state index in [0.717, 1.165) is 51.3 Å². The molecule has 2 amide bonds. The number of aliphatic hydroxyl groups excluding tert-OH is 2. The molecule has 2 aromatic rings. The van der Waals surface area contributed by atoms with Crippen LogP contribution in [0.5, 0.6) is 5.75 Å². The van der Waals surface area contributed by atoms with E-state index in [9.17, 15) is 24.2 Å². The van der Waals surface area contributed by atoms with Crippen molar-refractivity contribution in [2.24, 2.45) is 11.8 Å². The molecular weight excluding hydrogens is 501 g/mol. The number of benzene rings is 2. The summed E-state index contributed by atoms with van der Waals surface area (Å²) in [6, 6.07) is 13.1. The molecule has 4 atom stereocenters. The number of nitrogens with zero attached hydrogens (tertiary/aromatic N) is 3. The van der Waals surface area contributed by atoms with Crippen LogP contribution in [0.1, 0.15) is 30.4 Å². The van der Waals surface area contributed by atoms with Crippen molar-refractivity contribution in [1.82, 2.24) is 9.80 Å². The van der Waals surface area contributed by atoms with E-state index in [2.05, 4.69) is 21.9 Å². The predicted octanol–water partition coefficient (Wildman–Crippen LogP) is 2.00. The van der Waals surface area contributed by atoms with Gasteiger partial charge in [0.15, 0.2) is 0 Å². The number of halogens is 1. The van der Waals surface area contributed by atoms with Crippen LogP contribution in [-0.4, -0.2) is 89.4 Å². The second kappa shape index (κ2) is 10.9. The van der Waals surface area contributed by atoms with Crippen molar-refractivity contribution in [3.05, 3.63) is 59.4 Å². The number of amides is 2. The molecule has 4 aliphatic rings. The number of anilines is 1. The van der Waals surface area contributed by atoms with E-state index < -0.39 is 24.0 Å². The fourth-order valence-corrected chi connectivity index (χ4v) is 6.72. The van der Waals surface area contributed by atoms with Crippen LogP contribution in [0.3, 0.4) is 0 Å². The first-order valence-electron chi connectivity index (χ1n) is 14.1. The second-order valence-corrected chi connectivity index (χ2v) is 11.4. The van der Waals surface area contributed by atoms with Crippen LogP contribution in [0.25, 0.3) is 0 Å². The Hall–Kier alpha value is -3.01. The summed E-state index contributed by atoms with van der Waals surface area (Å²) in [4.78, 5) is 31.4. The lowest BCUT2D eigenvalue weighted by Gasteiger charge is -2.37. The Kier molecular flexibility index (Phi) is 7.31. The van der Waals surface area contributed by atoms with Crippen LogP contribution in [-0.2, 0) is 22.4 Å². The Bertz CT molecular complexity index is 1180. The van der Waals surface area contributed by atoms with Crippen molar-refractivity contribution < 1.29 is 28.9 Å². The highest BCUT2D eigenvalue weighted by molar-refractivity contribution is 6.05. The molecule has 39 heavy (non-hydrogen) atoms. The van der Waals surface area contributed by atoms with Gasteiger partial charge in [-0.15, -0.1) is 0 Å². The van der Waals surface area contributed by atoms with Crippen LogP contribution in [0.4, 0.5) is 10.1 Å². The van der Waals surface area contributed by atoms with E-state index in [1.165, 1.54) is 22.1 Å². The minimum absolute atomic E-state index is 0.0410. The molecule has 2 saturated heterocycles. The first kappa shape index (κ1) is 26.2. The number of carbonyl (C=O) groups is 2. The molecule has 2 heterocycles. The number of piperazine rings is 1. The van der Waals surface area contributed by atoms with Gasteiger partial charge in [0, 0.05) is 51.6 Å². The highest BCUT2D eigenvalue weighted by Gasteiger charge is 2.51. The van der Waals surface area contributed by atoms with Crippen molar-refractivity contribution in [2.75, 3.05) is 44.2 Å². The van der Waals surface area contributed by atoms with Crippen LogP contribution >= 0.6 is 0 Å². The quantitative estimate of drug-likeness (QED) is 0.522. The van der Waals surface area contributed by atoms with Gasteiger partial charge in [-0.25, -0.2) is 4.39 Å². The number of carbonyl (C=O) groups excluding carboxylic acids is 2. The van der Waals surface area contributed by atoms with Crippen molar-refractivity contribution in [3.8, 4) is 5.75 Å². The molecule has 8 nitrogen and oxygen atoms in total. The van der Waals surface area contributed by atoms with Crippen LogP contribution in [0.15, 0.2) is 42.5 Å². The van der Waals surface area contributed by atoms with Crippen molar-refractivity contribution >= 4 is 17.5 Å². The molecule has 2 N–H and O–H groups in total. The van der Waals surface area contributed by atoms with Gasteiger partial charge in [0.05, 0.1) is 29.7 Å². The van der Waals surface area contributed by atoms with Gasteiger partial charge in [-0.2, -0.15) is 0 Å². The number of hydrogen-bond donors (Lipinski definition) is 2. The fraction of sp³-hybridized carbons (Fsp3) is 0.533. The second-order valence-electron chi connectivity index (χ2n) is 11.4. The number of fused-ring (bicyclic) bond motifs is 2. The van der Waals surface area contributed by atoms with E-state index in [-0.39, 0.29) is 36.6 Å². The summed E-state index contributed by atoms with van der Waals surface area (Å²) in [5, 5.41) is 19.9. The molecule has 208 valence electrons. The summed E-state index contributed by atoms with van der Waals surface area (Å²) < 4.78 is 20.7. The van der Waals surface area contributed by atoms with Gasteiger partial charge in [0.2, 0.25) is 11.8 Å². The number of aliphatic hydroxyl groups is 2. The monoisotopic (exact) mass is 537 g/mol. The number of likely N-dealkylation sites (tertiary alicyclic amines) is 1. The fourth-order valence-electron chi connectivity index (χ4n) is 6.72. The molecule has 2 aromatic carbocycles. The van der Waals surface area contributed by atoms with E-state index in [0.29, 0.717) is 18.7 Å². The highest BCUT2D eigenvalue weighted by Crippen LogP contribution is 2.38. The van der Waals surface area contributed by atoms with E-state index >= 15 is 0 Å². The Labute approximate surface area is 228 Å². The molecule has 0 aromatic heterocycles. The number of ether oxygens (including phenoxy) is 1. The largest absolute Gasteiger partial charge is 0.488 e. The van der Waals surface area contributed by atoms with Crippen molar-refractivity contribution in [2.45, 2.75) is 50.4 Å². The summed E-state index contributed by atoms with van der Waals surface area (Å²) in [6.45, 7) is 4.13. The Morgan fingerprint density at radius 2 is 1.46 bits per heavy atom. The van der Waals surface area contributed by atoms with E-state index in [1.807, 2.05) is 12.1 Å². The lowest BCUT2D eigenvalue weighted by atomic mass is 9.78. The molecule has 0 radical (unpaired) electrons. The molecule has 6 rings (SSSR count). The van der Waals surface area contributed by atoms with Crippen LogP contribution < -0.4 is 9.64 Å². The Balaban J connectivity index is 1.01. The molecular formula is C30H36FN3O5. The smallest absolute Gasteiger partial charge is 0.233 e. The summed E-state index contributed by atoms with van der Waals surface area (Å²) in [7, 11) is 0. The van der Waals surface area contributed by atoms with Gasteiger partial charge in [-0.05, 0) is 49.1 Å². The summed E-state index contributed by atoms with van der Waals surface area (Å²) in [6.07, 6.45) is 0.813. The Morgan fingerprint density at radius 1 is 0.846 bits per heavy atom. The minimum Gasteiger partial charge on any atom is -0.488 e. The molecule has 4 unspecified atom stereocenters. The maximum atomic E-state index is 14.3. The molecule has 2 aliphatic heterocycles. The minimum atomic E-state index is -0.947. The lowest BCUT2D eigenvalue weighted by Crippen LogP contribution is -2.47. The number of hydrogen-bond acceptors (Lipinski definition) is 7. The van der Waals surface area contributed by atoms with Gasteiger partial charge in [0.1, 0.15) is 17.7 Å². The third kappa shape index (κ3) is 5.27. The van der Waals surface area contributed by atoms with Gasteiger partial charge in [0.25, 0.3) is 0 Å². The molecule has 3 fully saturated rings. The standard InChI is InChI=1S/C30H36FN3O5/c31-21-6-7-28(39-22-14-19-4-1-2-5-20(19)15-22)25(16-21)33-12-10-32(11-13-33)8-3-9-34-29(37)23-17-26(35)27(36)18-24(23)30(34)38/h1-2,4-7,16,22-24,26-27,35-36H,3,8-15,17-18H2. The van der Waals surface area contributed by atoms with Crippen molar-refractivity contribution in [1.29, 1.82) is 0 Å². The molecule has 2 aliphatic carbocycles. The van der Waals surface area contributed by atoms with Gasteiger partial charge in [-0.3, -0.25) is 19.4 Å². The Morgan fingerprint density at radius 3 is 2.08 bits per heavy atom. The highest BCUT2D eigenvalue weighted by atomic mass is 19.1. The maximum Gasteiger partial charge on any atom is 0.233 e. The molecule has 0 spiro atoms. The summed E-state index contributed by atoms with van der Waals surface area (Å²) in [5.41, 5.74) is 3.41. The lowest BCUT2D eigenvalue weighted by molar-refractivity contribution is -0.140. The van der Waals surface area contributed by atoms with E-state index in [4.69, 9.17) is 4.74 Å². The van der Waals surface area contributed by atoms with Crippen molar-refractivity contribution in [3.63, 3.8) is 0 Å². The zero-order valence-corrected chi connectivity index (χ0v) is 22.0. The average molecular weight is 538 g/mol. The first-order chi connectivity index (χ1) is 18.9. The molecule has 0 bridgehead atoms. The third-order valence-electron chi connectivity index (χ3n) is 8.88. The average Bonchev–Trinajstić information content (AvgIpc) is 3.44. The summed E-state index contributed by atoms with van der Waals surface area (Å²) in [5.74, 6) is -1.03. The third-order valence-corrected chi connectivity index (χ3v) is 8.88. The normalized spacial score (nSPS) is 27.7. The van der Waals surface area contributed by atoms with Crippen LogP contribution in [0, 0.1) is 17.7 Å². The maximum absolute atomic E-state index is 14.3. The zero-order chi connectivity index (χ0) is 27.1. The first-order valence-corrected chi connectivity index (χ1v) is 14.1. The molecule has 9 heteroatoms. The van der Waals surface area contributed by atoms with Gasteiger partial charge < -0.3 is 19.8 Å². The molecule has 1 saturated carbocycles. The van der Waals surface area contributed by atoms with Gasteiger partial charge in [-0.1, -0.05) is 24.3 Å². The SMILES string of the molecule is O=C1C2CC(O)C(O)CC2C(=O)N1CCCN1CCN(c2cc(F)ccc2OC2Cc3ccccc3C2)CC1. The van der Waals surface area contributed by atoms with Gasteiger partial charge >= 0.3 is 0 Å². The topological polar surface area (TPSA) is 93.5 Å². The summed E-state index contributed by atoms with van der Waals surface area (Å²) >= 11 is 0.